The third-order valence-corrected chi connectivity index (χ3v) is 4.95. The number of rotatable bonds is 4. The van der Waals surface area contributed by atoms with Crippen molar-refractivity contribution in [2.45, 2.75) is 31.7 Å². The fourth-order valence-corrected chi connectivity index (χ4v) is 3.52. The third-order valence-electron chi connectivity index (χ3n) is 3.44. The van der Waals surface area contributed by atoms with E-state index in [1.165, 1.54) is 0 Å². The number of halogens is 2. The Labute approximate surface area is 137 Å². The summed E-state index contributed by atoms with van der Waals surface area (Å²) in [4.78, 5) is 9.02. The van der Waals surface area contributed by atoms with E-state index in [9.17, 15) is 0 Å². The molecule has 2 heterocycles. The van der Waals surface area contributed by atoms with Crippen molar-refractivity contribution in [1.82, 2.24) is 14.5 Å². The largest absolute Gasteiger partial charge is 0.326 e. The Morgan fingerprint density at radius 1 is 1.33 bits per heavy atom. The van der Waals surface area contributed by atoms with Gasteiger partial charge < -0.3 is 4.57 Å². The fraction of sp³-hybridized carbons (Fsp3) is 0.333. The van der Waals surface area contributed by atoms with Gasteiger partial charge >= 0.3 is 0 Å². The summed E-state index contributed by atoms with van der Waals surface area (Å²) in [5.74, 6) is 1.15. The van der Waals surface area contributed by atoms with E-state index in [2.05, 4.69) is 21.5 Å². The van der Waals surface area contributed by atoms with Crippen molar-refractivity contribution in [3.8, 4) is 0 Å². The van der Waals surface area contributed by atoms with Crippen molar-refractivity contribution in [3.05, 3.63) is 45.6 Å². The second-order valence-electron chi connectivity index (χ2n) is 5.08. The summed E-state index contributed by atoms with van der Waals surface area (Å²) in [5.41, 5.74) is 1.83. The summed E-state index contributed by atoms with van der Waals surface area (Å²) in [6.07, 6.45) is 1.84. The highest BCUT2D eigenvalue weighted by atomic mass is 35.5. The molecule has 0 saturated heterocycles. The average Bonchev–Trinajstić information content (AvgIpc) is 3.07. The molecule has 0 amide bonds. The van der Waals surface area contributed by atoms with E-state index >= 15 is 0 Å². The summed E-state index contributed by atoms with van der Waals surface area (Å²) in [6.45, 7) is 4.88. The monoisotopic (exact) mass is 339 g/mol. The van der Waals surface area contributed by atoms with Crippen LogP contribution in [0.15, 0.2) is 29.8 Å². The predicted octanol–water partition coefficient (Wildman–Crippen LogP) is 5.25. The molecule has 0 N–H and O–H groups in total. The van der Waals surface area contributed by atoms with Crippen LogP contribution < -0.4 is 0 Å². The topological polar surface area (TPSA) is 30.7 Å². The van der Waals surface area contributed by atoms with Crippen LogP contribution in [-0.2, 0) is 6.54 Å². The van der Waals surface area contributed by atoms with Gasteiger partial charge in [0, 0.05) is 24.0 Å². The molecule has 3 aromatic rings. The SMILES string of the molecule is CC(Cl)c1nc2c(Cl)cccc2n1CC(C)c1nccs1. The zero-order valence-electron chi connectivity index (χ0n) is 11.8. The molecule has 110 valence electrons. The van der Waals surface area contributed by atoms with E-state index in [1.807, 2.05) is 36.7 Å². The Bertz CT molecular complexity index is 750. The average molecular weight is 340 g/mol. The molecule has 0 spiro atoms. The van der Waals surface area contributed by atoms with Crippen LogP contribution in [0.4, 0.5) is 0 Å². The van der Waals surface area contributed by atoms with E-state index in [1.54, 1.807) is 11.3 Å². The molecule has 3 rings (SSSR count). The highest BCUT2D eigenvalue weighted by molar-refractivity contribution is 7.09. The molecule has 1 aromatic carbocycles. The van der Waals surface area contributed by atoms with Gasteiger partial charge in [0.2, 0.25) is 0 Å². The molecule has 2 atom stereocenters. The first-order valence-electron chi connectivity index (χ1n) is 6.76. The minimum atomic E-state index is -0.169. The van der Waals surface area contributed by atoms with Crippen LogP contribution in [0.3, 0.4) is 0 Å². The maximum absolute atomic E-state index is 6.30. The van der Waals surface area contributed by atoms with Crippen LogP contribution in [0.2, 0.25) is 5.02 Å². The smallest absolute Gasteiger partial charge is 0.127 e. The van der Waals surface area contributed by atoms with Gasteiger partial charge in [-0.05, 0) is 19.1 Å². The van der Waals surface area contributed by atoms with Gasteiger partial charge in [-0.3, -0.25) is 0 Å². The Kier molecular flexibility index (Phi) is 4.20. The highest BCUT2D eigenvalue weighted by Crippen LogP contribution is 2.31. The molecule has 0 bridgehead atoms. The van der Waals surface area contributed by atoms with Gasteiger partial charge in [-0.25, -0.2) is 9.97 Å². The van der Waals surface area contributed by atoms with Gasteiger partial charge in [0.25, 0.3) is 0 Å². The van der Waals surface area contributed by atoms with Gasteiger partial charge in [-0.15, -0.1) is 22.9 Å². The number of thiazole rings is 1. The molecule has 0 radical (unpaired) electrons. The van der Waals surface area contributed by atoms with Crippen molar-refractivity contribution in [3.63, 3.8) is 0 Å². The van der Waals surface area contributed by atoms with Crippen LogP contribution in [-0.4, -0.2) is 14.5 Å². The Hall–Kier alpha value is -1.10. The summed E-state index contributed by atoms with van der Waals surface area (Å²) in [6, 6.07) is 5.83. The van der Waals surface area contributed by atoms with E-state index in [4.69, 9.17) is 23.2 Å². The maximum Gasteiger partial charge on any atom is 0.127 e. The zero-order chi connectivity index (χ0) is 15.0. The lowest BCUT2D eigenvalue weighted by Gasteiger charge is -2.14. The lowest BCUT2D eigenvalue weighted by atomic mass is 10.2. The number of aromatic nitrogens is 3. The normalized spacial score (nSPS) is 14.5. The molecule has 3 nitrogen and oxygen atoms in total. The summed E-state index contributed by atoms with van der Waals surface area (Å²) < 4.78 is 2.16. The predicted molar refractivity (Wildman–Crippen MR) is 89.5 cm³/mol. The summed E-state index contributed by atoms with van der Waals surface area (Å²) in [7, 11) is 0. The number of nitrogens with zero attached hydrogens (tertiary/aromatic N) is 3. The number of fused-ring (bicyclic) bond motifs is 1. The third kappa shape index (κ3) is 2.80. The molecule has 0 saturated carbocycles. The number of imidazole rings is 1. The number of hydrogen-bond acceptors (Lipinski definition) is 3. The minimum Gasteiger partial charge on any atom is -0.326 e. The van der Waals surface area contributed by atoms with Gasteiger partial charge in [0.05, 0.1) is 20.9 Å². The first kappa shape index (κ1) is 14.8. The lowest BCUT2D eigenvalue weighted by Crippen LogP contribution is -2.10. The second-order valence-corrected chi connectivity index (χ2v) is 7.06. The van der Waals surface area contributed by atoms with Gasteiger partial charge in [-0.1, -0.05) is 24.6 Å². The molecule has 0 aliphatic rings. The molecule has 6 heteroatoms. The Morgan fingerprint density at radius 2 is 2.14 bits per heavy atom. The van der Waals surface area contributed by atoms with Crippen molar-refractivity contribution in [1.29, 1.82) is 0 Å². The van der Waals surface area contributed by atoms with Crippen LogP contribution in [0.25, 0.3) is 11.0 Å². The fourth-order valence-electron chi connectivity index (χ4n) is 2.46. The van der Waals surface area contributed by atoms with Crippen molar-refractivity contribution in [2.75, 3.05) is 0 Å². The molecular formula is C15H15Cl2N3S. The first-order chi connectivity index (χ1) is 10.1. The van der Waals surface area contributed by atoms with E-state index in [0.717, 1.165) is 28.4 Å². The molecule has 0 aliphatic heterocycles. The van der Waals surface area contributed by atoms with E-state index < -0.39 is 0 Å². The van der Waals surface area contributed by atoms with Gasteiger partial charge in [0.1, 0.15) is 11.3 Å². The van der Waals surface area contributed by atoms with Crippen LogP contribution in [0.1, 0.15) is 36.0 Å². The number of benzene rings is 1. The lowest BCUT2D eigenvalue weighted by molar-refractivity contribution is 0.583. The molecule has 0 fully saturated rings. The molecular weight excluding hydrogens is 325 g/mol. The number of alkyl halides is 1. The van der Waals surface area contributed by atoms with Crippen molar-refractivity contribution >= 4 is 45.6 Å². The molecule has 2 aromatic heterocycles. The Morgan fingerprint density at radius 3 is 2.81 bits per heavy atom. The Balaban J connectivity index is 2.07. The highest BCUT2D eigenvalue weighted by Gasteiger charge is 2.19. The minimum absolute atomic E-state index is 0.169. The summed E-state index contributed by atoms with van der Waals surface area (Å²) in [5, 5.41) is 3.61. The van der Waals surface area contributed by atoms with Crippen molar-refractivity contribution in [2.24, 2.45) is 0 Å². The van der Waals surface area contributed by atoms with E-state index in [0.29, 0.717) is 10.9 Å². The molecule has 21 heavy (non-hydrogen) atoms. The zero-order valence-corrected chi connectivity index (χ0v) is 14.1. The standard InChI is InChI=1S/C15H15Cl2N3S/c1-9(15-18-6-7-21-15)8-20-12-5-3-4-11(17)13(12)19-14(20)10(2)16/h3-7,9-10H,8H2,1-2H3. The van der Waals surface area contributed by atoms with Crippen molar-refractivity contribution < 1.29 is 0 Å². The maximum atomic E-state index is 6.30. The second kappa shape index (κ2) is 5.95. The molecule has 2 unspecified atom stereocenters. The number of hydrogen-bond donors (Lipinski definition) is 0. The van der Waals surface area contributed by atoms with Gasteiger partial charge in [0.15, 0.2) is 0 Å². The van der Waals surface area contributed by atoms with Crippen LogP contribution in [0, 0.1) is 0 Å². The quantitative estimate of drug-likeness (QED) is 0.607. The summed E-state index contributed by atoms with van der Waals surface area (Å²) >= 11 is 14.2. The van der Waals surface area contributed by atoms with Crippen LogP contribution >= 0.6 is 34.5 Å². The first-order valence-corrected chi connectivity index (χ1v) is 8.45. The van der Waals surface area contributed by atoms with Gasteiger partial charge in [-0.2, -0.15) is 0 Å². The van der Waals surface area contributed by atoms with Crippen LogP contribution in [0.5, 0.6) is 0 Å². The number of para-hydroxylation sites is 1. The molecule has 0 aliphatic carbocycles. The van der Waals surface area contributed by atoms with E-state index in [-0.39, 0.29) is 5.38 Å².